The molecule has 1 fully saturated rings. The van der Waals surface area contributed by atoms with Gasteiger partial charge in [0.15, 0.2) is 0 Å². The third-order valence-corrected chi connectivity index (χ3v) is 6.87. The summed E-state index contributed by atoms with van der Waals surface area (Å²) in [6, 6.07) is 10.1. The number of carbonyl (C=O) groups is 2. The topological polar surface area (TPSA) is 113 Å². The number of aliphatic hydroxyl groups is 1. The van der Waals surface area contributed by atoms with Gasteiger partial charge in [-0.25, -0.2) is 0 Å². The third-order valence-electron chi connectivity index (χ3n) is 6.87. The smallest absolute Gasteiger partial charge is 0.295 e. The van der Waals surface area contributed by atoms with E-state index in [0.717, 1.165) is 30.9 Å². The Morgan fingerprint density at radius 2 is 1.94 bits per heavy atom. The SMILES string of the molecule is CCN(CC)CCCN1C(=O)C(=O)C(=C(O)c2ccc3c(c2)C[C@@H](C)O3)[C@H]1c1cccc([N+](=O)[O-])c1. The van der Waals surface area contributed by atoms with Gasteiger partial charge in [-0.1, -0.05) is 26.0 Å². The molecule has 9 nitrogen and oxygen atoms in total. The number of fused-ring (bicyclic) bond motifs is 1. The van der Waals surface area contributed by atoms with E-state index in [2.05, 4.69) is 18.7 Å². The van der Waals surface area contributed by atoms with Crippen molar-refractivity contribution in [3.05, 3.63) is 74.8 Å². The number of nitrogens with zero attached hydrogens (tertiary/aromatic N) is 3. The molecule has 2 aliphatic rings. The molecule has 1 amide bonds. The van der Waals surface area contributed by atoms with Gasteiger partial charge in [0, 0.05) is 30.7 Å². The predicted octanol–water partition coefficient (Wildman–Crippen LogP) is 4.07. The van der Waals surface area contributed by atoms with Gasteiger partial charge >= 0.3 is 0 Å². The minimum absolute atomic E-state index is 0.0126. The van der Waals surface area contributed by atoms with E-state index in [1.54, 1.807) is 24.3 Å². The minimum Gasteiger partial charge on any atom is -0.507 e. The Kier molecular flexibility index (Phi) is 7.40. The van der Waals surface area contributed by atoms with E-state index in [4.69, 9.17) is 4.74 Å². The summed E-state index contributed by atoms with van der Waals surface area (Å²) in [5, 5.41) is 22.8. The van der Waals surface area contributed by atoms with Gasteiger partial charge < -0.3 is 19.6 Å². The fourth-order valence-corrected chi connectivity index (χ4v) is 4.99. The lowest BCUT2D eigenvalue weighted by atomic mass is 9.94. The van der Waals surface area contributed by atoms with Gasteiger partial charge in [-0.2, -0.15) is 0 Å². The van der Waals surface area contributed by atoms with Crippen molar-refractivity contribution in [1.29, 1.82) is 0 Å². The fourth-order valence-electron chi connectivity index (χ4n) is 4.99. The largest absolute Gasteiger partial charge is 0.507 e. The van der Waals surface area contributed by atoms with Crippen LogP contribution in [0.2, 0.25) is 0 Å². The van der Waals surface area contributed by atoms with Crippen molar-refractivity contribution >= 4 is 23.1 Å². The Labute approximate surface area is 210 Å². The predicted molar refractivity (Wildman–Crippen MR) is 135 cm³/mol. The number of ether oxygens (including phenoxy) is 1. The average Bonchev–Trinajstić information content (AvgIpc) is 3.37. The Bertz CT molecular complexity index is 1220. The summed E-state index contributed by atoms with van der Waals surface area (Å²) in [6.07, 6.45) is 1.30. The van der Waals surface area contributed by atoms with E-state index in [1.807, 2.05) is 6.92 Å². The molecular formula is C27H31N3O6. The van der Waals surface area contributed by atoms with Crippen LogP contribution in [0.3, 0.4) is 0 Å². The maximum Gasteiger partial charge on any atom is 0.295 e. The lowest BCUT2D eigenvalue weighted by Gasteiger charge is -2.26. The van der Waals surface area contributed by atoms with E-state index < -0.39 is 22.7 Å². The van der Waals surface area contributed by atoms with Crippen molar-refractivity contribution in [3.63, 3.8) is 0 Å². The second-order valence-electron chi connectivity index (χ2n) is 9.18. The molecule has 2 aliphatic heterocycles. The highest BCUT2D eigenvalue weighted by molar-refractivity contribution is 6.46. The highest BCUT2D eigenvalue weighted by Crippen LogP contribution is 2.41. The number of amides is 1. The number of hydrogen-bond donors (Lipinski definition) is 1. The fraction of sp³-hybridized carbons (Fsp3) is 0.407. The lowest BCUT2D eigenvalue weighted by molar-refractivity contribution is -0.384. The maximum absolute atomic E-state index is 13.3. The number of likely N-dealkylation sites (tertiary alicyclic amines) is 1. The molecular weight excluding hydrogens is 462 g/mol. The highest BCUT2D eigenvalue weighted by atomic mass is 16.6. The van der Waals surface area contributed by atoms with E-state index >= 15 is 0 Å². The molecule has 190 valence electrons. The van der Waals surface area contributed by atoms with Crippen LogP contribution in [0.1, 0.15) is 49.9 Å². The van der Waals surface area contributed by atoms with Crippen LogP contribution in [0.15, 0.2) is 48.0 Å². The quantitative estimate of drug-likeness (QED) is 0.184. The van der Waals surface area contributed by atoms with Gasteiger partial charge in [0.1, 0.15) is 17.6 Å². The van der Waals surface area contributed by atoms with Gasteiger partial charge in [-0.15, -0.1) is 0 Å². The van der Waals surface area contributed by atoms with Crippen molar-refractivity contribution in [2.45, 2.75) is 45.8 Å². The summed E-state index contributed by atoms with van der Waals surface area (Å²) < 4.78 is 5.74. The first-order chi connectivity index (χ1) is 17.2. The second kappa shape index (κ2) is 10.5. The zero-order valence-corrected chi connectivity index (χ0v) is 20.8. The molecule has 0 spiro atoms. The van der Waals surface area contributed by atoms with Crippen molar-refractivity contribution in [3.8, 4) is 5.75 Å². The summed E-state index contributed by atoms with van der Waals surface area (Å²) in [5.74, 6) is -1.08. The van der Waals surface area contributed by atoms with Crippen molar-refractivity contribution in [2.24, 2.45) is 0 Å². The molecule has 36 heavy (non-hydrogen) atoms. The molecule has 0 bridgehead atoms. The number of rotatable bonds is 9. The molecule has 2 aromatic rings. The van der Waals surface area contributed by atoms with Crippen LogP contribution in [0.4, 0.5) is 5.69 Å². The standard InChI is InChI=1S/C27H31N3O6/c1-4-28(5-2)12-7-13-29-24(18-8-6-9-21(16-18)30(34)35)23(26(32)27(29)33)25(31)19-10-11-22-20(15-19)14-17(3)36-22/h6,8-11,15-17,24,31H,4-5,7,12-14H2,1-3H3/t17-,24-/m1/s1. The first kappa shape index (κ1) is 25.4. The molecule has 9 heteroatoms. The number of benzene rings is 2. The number of Topliss-reactive ketones (excluding diaryl/α,β-unsaturated/α-hetero) is 1. The second-order valence-corrected chi connectivity index (χ2v) is 9.18. The molecule has 4 rings (SSSR count). The normalized spacial score (nSPS) is 20.6. The Morgan fingerprint density at radius 1 is 1.19 bits per heavy atom. The molecule has 1 N–H and O–H groups in total. The first-order valence-electron chi connectivity index (χ1n) is 12.3. The molecule has 0 aliphatic carbocycles. The van der Waals surface area contributed by atoms with E-state index in [-0.39, 0.29) is 29.7 Å². The van der Waals surface area contributed by atoms with E-state index in [0.29, 0.717) is 24.0 Å². The number of nitro benzene ring substituents is 1. The molecule has 0 aromatic heterocycles. The zero-order chi connectivity index (χ0) is 26.0. The molecule has 0 unspecified atom stereocenters. The Morgan fingerprint density at radius 3 is 2.64 bits per heavy atom. The van der Waals surface area contributed by atoms with Crippen LogP contribution in [0.25, 0.3) is 5.76 Å². The van der Waals surface area contributed by atoms with Crippen LogP contribution in [0, 0.1) is 10.1 Å². The molecule has 0 radical (unpaired) electrons. The zero-order valence-electron chi connectivity index (χ0n) is 20.8. The molecule has 2 atom stereocenters. The Balaban J connectivity index is 1.77. The Hall–Kier alpha value is -3.72. The maximum atomic E-state index is 13.3. The van der Waals surface area contributed by atoms with Gasteiger partial charge in [0.25, 0.3) is 17.4 Å². The summed E-state index contributed by atoms with van der Waals surface area (Å²) in [6.45, 7) is 8.81. The number of aliphatic hydroxyl groups excluding tert-OH is 1. The molecule has 2 aromatic carbocycles. The molecule has 0 saturated carbocycles. The number of hydrogen-bond acceptors (Lipinski definition) is 7. The van der Waals surface area contributed by atoms with Gasteiger partial charge in [-0.3, -0.25) is 19.7 Å². The third kappa shape index (κ3) is 4.83. The molecule has 2 heterocycles. The van der Waals surface area contributed by atoms with Crippen LogP contribution < -0.4 is 4.74 Å². The van der Waals surface area contributed by atoms with Crippen LogP contribution in [0.5, 0.6) is 5.75 Å². The minimum atomic E-state index is -0.926. The van der Waals surface area contributed by atoms with Gasteiger partial charge in [0.2, 0.25) is 0 Å². The lowest BCUT2D eigenvalue weighted by Crippen LogP contribution is -2.33. The van der Waals surface area contributed by atoms with Crippen molar-refractivity contribution in [1.82, 2.24) is 9.80 Å². The van der Waals surface area contributed by atoms with Gasteiger partial charge in [-0.05, 0) is 62.3 Å². The summed E-state index contributed by atoms with van der Waals surface area (Å²) in [4.78, 5) is 41.0. The first-order valence-corrected chi connectivity index (χ1v) is 12.3. The van der Waals surface area contributed by atoms with Crippen molar-refractivity contribution in [2.75, 3.05) is 26.2 Å². The van der Waals surface area contributed by atoms with Crippen molar-refractivity contribution < 1.29 is 24.4 Å². The highest BCUT2D eigenvalue weighted by Gasteiger charge is 2.46. The summed E-state index contributed by atoms with van der Waals surface area (Å²) in [5.41, 5.74) is 1.51. The molecule has 1 saturated heterocycles. The number of non-ortho nitro benzene ring substituents is 1. The number of nitro groups is 1. The summed E-state index contributed by atoms with van der Waals surface area (Å²) in [7, 11) is 0. The van der Waals surface area contributed by atoms with Crippen LogP contribution >= 0.6 is 0 Å². The number of carbonyl (C=O) groups excluding carboxylic acids is 2. The monoisotopic (exact) mass is 493 g/mol. The number of ketones is 1. The summed E-state index contributed by atoms with van der Waals surface area (Å²) >= 11 is 0. The van der Waals surface area contributed by atoms with E-state index in [1.165, 1.54) is 23.1 Å². The van der Waals surface area contributed by atoms with Gasteiger partial charge in [0.05, 0.1) is 16.5 Å². The van der Waals surface area contributed by atoms with E-state index in [9.17, 15) is 24.8 Å². The van der Waals surface area contributed by atoms with Crippen LogP contribution in [-0.2, 0) is 16.0 Å². The van der Waals surface area contributed by atoms with Crippen LogP contribution in [-0.4, -0.2) is 63.8 Å². The average molecular weight is 494 g/mol.